The Morgan fingerprint density at radius 3 is 2.56 bits per heavy atom. The van der Waals surface area contributed by atoms with E-state index in [1.165, 1.54) is 0 Å². The van der Waals surface area contributed by atoms with Crippen molar-refractivity contribution < 1.29 is 9.53 Å². The quantitative estimate of drug-likeness (QED) is 0.610. The maximum Gasteiger partial charge on any atom is 0.251 e. The lowest BCUT2D eigenvalue weighted by molar-refractivity contribution is 0.0954. The molecule has 1 aromatic heterocycles. The van der Waals surface area contributed by atoms with Crippen LogP contribution < -0.4 is 10.1 Å². The third kappa shape index (κ3) is 5.66. The molecule has 3 aromatic rings. The van der Waals surface area contributed by atoms with Crippen LogP contribution in [0.1, 0.15) is 29.9 Å². The monoisotopic (exact) mass is 380 g/mol. The molecule has 0 radical (unpaired) electrons. The summed E-state index contributed by atoms with van der Waals surface area (Å²) in [6.07, 6.45) is 0.713. The van der Waals surface area contributed by atoms with Gasteiger partial charge in [0.05, 0.1) is 12.3 Å². The second kappa shape index (κ2) is 9.33. The number of carbonyl (C=O) groups excluding carboxylic acids is 1. The van der Waals surface area contributed by atoms with Crippen LogP contribution in [0.25, 0.3) is 10.6 Å². The topological polar surface area (TPSA) is 51.2 Å². The van der Waals surface area contributed by atoms with Crippen molar-refractivity contribution in [2.75, 3.05) is 13.2 Å². The van der Waals surface area contributed by atoms with E-state index in [9.17, 15) is 4.79 Å². The summed E-state index contributed by atoms with van der Waals surface area (Å²) >= 11 is 1.63. The third-order valence-corrected chi connectivity index (χ3v) is 4.88. The number of nitrogens with one attached hydrogen (secondary N) is 1. The minimum absolute atomic E-state index is 0.0797. The van der Waals surface area contributed by atoms with E-state index in [-0.39, 0.29) is 5.91 Å². The van der Waals surface area contributed by atoms with Gasteiger partial charge in [-0.15, -0.1) is 11.3 Å². The average molecular weight is 381 g/mol. The Morgan fingerprint density at radius 2 is 1.85 bits per heavy atom. The van der Waals surface area contributed by atoms with Crippen molar-refractivity contribution in [2.24, 2.45) is 5.92 Å². The minimum Gasteiger partial charge on any atom is -0.493 e. The molecule has 0 saturated heterocycles. The number of hydrogen-bond acceptors (Lipinski definition) is 4. The van der Waals surface area contributed by atoms with Crippen LogP contribution in [0.5, 0.6) is 5.75 Å². The van der Waals surface area contributed by atoms with E-state index in [0.717, 1.165) is 22.0 Å². The van der Waals surface area contributed by atoms with Gasteiger partial charge in [-0.05, 0) is 30.2 Å². The number of hydrogen-bond donors (Lipinski definition) is 1. The number of carbonyl (C=O) groups is 1. The first-order valence-electron chi connectivity index (χ1n) is 9.12. The summed E-state index contributed by atoms with van der Waals surface area (Å²) in [7, 11) is 0. The molecule has 0 atom stereocenters. The van der Waals surface area contributed by atoms with Crippen molar-refractivity contribution >= 4 is 17.2 Å². The maximum atomic E-state index is 12.3. The van der Waals surface area contributed by atoms with Crippen LogP contribution in [0.4, 0.5) is 0 Å². The van der Waals surface area contributed by atoms with E-state index in [1.54, 1.807) is 23.5 Å². The zero-order valence-electron chi connectivity index (χ0n) is 15.6. The van der Waals surface area contributed by atoms with E-state index in [2.05, 4.69) is 41.7 Å². The number of ether oxygens (including phenoxy) is 1. The zero-order chi connectivity index (χ0) is 19.1. The normalized spacial score (nSPS) is 10.8. The van der Waals surface area contributed by atoms with Crippen LogP contribution in [0.2, 0.25) is 0 Å². The van der Waals surface area contributed by atoms with Crippen molar-refractivity contribution in [3.8, 4) is 16.3 Å². The number of thiazole rings is 1. The van der Waals surface area contributed by atoms with Crippen LogP contribution in [0.3, 0.4) is 0 Å². The first-order valence-corrected chi connectivity index (χ1v) is 10.0. The molecule has 0 aliphatic heterocycles. The molecule has 0 bridgehead atoms. The second-order valence-electron chi connectivity index (χ2n) is 6.75. The fourth-order valence-corrected chi connectivity index (χ4v) is 3.37. The van der Waals surface area contributed by atoms with Gasteiger partial charge in [-0.25, -0.2) is 4.98 Å². The standard InChI is InChI=1S/C22H24N2O2S/c1-16(2)14-26-20-10-8-17(9-11-20)21(25)23-13-12-19-15-27-22(24-19)18-6-4-3-5-7-18/h3-11,15-16H,12-14H2,1-2H3,(H,23,25). The molecule has 0 aliphatic rings. The van der Waals surface area contributed by atoms with Gasteiger partial charge in [0.25, 0.3) is 5.91 Å². The molecule has 3 rings (SSSR count). The lowest BCUT2D eigenvalue weighted by Gasteiger charge is -2.09. The van der Waals surface area contributed by atoms with Crippen LogP contribution in [0, 0.1) is 5.92 Å². The Balaban J connectivity index is 1.47. The fourth-order valence-electron chi connectivity index (χ4n) is 2.51. The van der Waals surface area contributed by atoms with Gasteiger partial charge < -0.3 is 10.1 Å². The molecule has 0 spiro atoms. The van der Waals surface area contributed by atoms with Crippen LogP contribution in [-0.2, 0) is 6.42 Å². The average Bonchev–Trinajstić information content (AvgIpc) is 3.16. The van der Waals surface area contributed by atoms with Crippen molar-refractivity contribution in [3.63, 3.8) is 0 Å². The third-order valence-electron chi connectivity index (χ3n) is 3.94. The number of benzene rings is 2. The molecule has 140 valence electrons. The molecule has 27 heavy (non-hydrogen) atoms. The highest BCUT2D eigenvalue weighted by Crippen LogP contribution is 2.23. The summed E-state index contributed by atoms with van der Waals surface area (Å²) in [5.41, 5.74) is 2.75. The molecule has 1 heterocycles. The lowest BCUT2D eigenvalue weighted by atomic mass is 10.2. The van der Waals surface area contributed by atoms with Gasteiger partial charge in [-0.1, -0.05) is 44.2 Å². The molecule has 1 amide bonds. The Kier molecular flexibility index (Phi) is 6.60. The summed E-state index contributed by atoms with van der Waals surface area (Å²) in [6, 6.07) is 17.4. The lowest BCUT2D eigenvalue weighted by Crippen LogP contribution is -2.25. The Morgan fingerprint density at radius 1 is 1.11 bits per heavy atom. The van der Waals surface area contributed by atoms with E-state index in [4.69, 9.17) is 4.74 Å². The first kappa shape index (κ1) is 19.1. The molecule has 0 fully saturated rings. The molecule has 0 aliphatic carbocycles. The largest absolute Gasteiger partial charge is 0.493 e. The van der Waals surface area contributed by atoms with Crippen molar-refractivity contribution in [1.82, 2.24) is 10.3 Å². The molecule has 2 aromatic carbocycles. The van der Waals surface area contributed by atoms with Crippen molar-refractivity contribution in [3.05, 3.63) is 71.2 Å². The van der Waals surface area contributed by atoms with Gasteiger partial charge in [0, 0.05) is 29.5 Å². The number of amides is 1. The number of rotatable bonds is 8. The Labute approximate surface area is 164 Å². The number of aromatic nitrogens is 1. The van der Waals surface area contributed by atoms with E-state index >= 15 is 0 Å². The Hall–Kier alpha value is -2.66. The summed E-state index contributed by atoms with van der Waals surface area (Å²) in [5, 5.41) is 6.01. The maximum absolute atomic E-state index is 12.3. The molecular weight excluding hydrogens is 356 g/mol. The van der Waals surface area contributed by atoms with Crippen molar-refractivity contribution in [1.29, 1.82) is 0 Å². The predicted octanol–water partition coefficient (Wildman–Crippen LogP) is 4.82. The predicted molar refractivity (Wildman–Crippen MR) is 110 cm³/mol. The molecule has 4 nitrogen and oxygen atoms in total. The minimum atomic E-state index is -0.0797. The van der Waals surface area contributed by atoms with Gasteiger partial charge in [0.15, 0.2) is 0 Å². The van der Waals surface area contributed by atoms with Gasteiger partial charge in [0.2, 0.25) is 0 Å². The number of nitrogens with zero attached hydrogens (tertiary/aromatic N) is 1. The van der Waals surface area contributed by atoms with E-state index < -0.39 is 0 Å². The summed E-state index contributed by atoms with van der Waals surface area (Å²) in [6.45, 7) is 5.44. The van der Waals surface area contributed by atoms with Gasteiger partial charge in [-0.3, -0.25) is 4.79 Å². The van der Waals surface area contributed by atoms with Gasteiger partial charge in [0.1, 0.15) is 10.8 Å². The molecule has 0 unspecified atom stereocenters. The van der Waals surface area contributed by atoms with Gasteiger partial charge in [-0.2, -0.15) is 0 Å². The van der Waals surface area contributed by atoms with E-state index in [0.29, 0.717) is 31.1 Å². The fraction of sp³-hybridized carbons (Fsp3) is 0.273. The van der Waals surface area contributed by atoms with Crippen molar-refractivity contribution in [2.45, 2.75) is 20.3 Å². The summed E-state index contributed by atoms with van der Waals surface area (Å²) in [5.74, 6) is 1.18. The smallest absolute Gasteiger partial charge is 0.251 e. The zero-order valence-corrected chi connectivity index (χ0v) is 16.5. The SMILES string of the molecule is CC(C)COc1ccc(C(=O)NCCc2csc(-c3ccccc3)n2)cc1. The summed E-state index contributed by atoms with van der Waals surface area (Å²) < 4.78 is 5.64. The molecule has 1 N–H and O–H groups in total. The van der Waals surface area contributed by atoms with Crippen LogP contribution in [0.15, 0.2) is 60.0 Å². The van der Waals surface area contributed by atoms with E-state index in [1.807, 2.05) is 30.3 Å². The van der Waals surface area contributed by atoms with Crippen LogP contribution in [-0.4, -0.2) is 24.0 Å². The summed E-state index contributed by atoms with van der Waals surface area (Å²) in [4.78, 5) is 16.9. The Bertz CT molecular complexity index is 858. The van der Waals surface area contributed by atoms with Gasteiger partial charge >= 0.3 is 0 Å². The molecule has 5 heteroatoms. The highest BCUT2D eigenvalue weighted by atomic mass is 32.1. The van der Waals surface area contributed by atoms with Crippen LogP contribution >= 0.6 is 11.3 Å². The highest BCUT2D eigenvalue weighted by molar-refractivity contribution is 7.13. The molecule has 0 saturated carbocycles. The molecular formula is C22H24N2O2S. The first-order chi connectivity index (χ1) is 13.1. The highest BCUT2D eigenvalue weighted by Gasteiger charge is 2.08. The second-order valence-corrected chi connectivity index (χ2v) is 7.60.